The Bertz CT molecular complexity index is 968. The van der Waals surface area contributed by atoms with Crippen LogP contribution in [-0.2, 0) is 12.8 Å². The number of Topliss-reactive ketones (excluding diaryl/α,β-unsaturated/α-hetero) is 1. The number of rotatable bonds is 7. The molecule has 1 N–H and O–H groups in total. The molecule has 0 saturated heterocycles. The van der Waals surface area contributed by atoms with Gasteiger partial charge in [-0.05, 0) is 60.4 Å². The van der Waals surface area contributed by atoms with Crippen molar-refractivity contribution in [2.24, 2.45) is 0 Å². The lowest BCUT2D eigenvalue weighted by Crippen LogP contribution is -3.10. The molecule has 0 spiro atoms. The van der Waals surface area contributed by atoms with Gasteiger partial charge in [-0.1, -0.05) is 48.0 Å². The Morgan fingerprint density at radius 1 is 0.900 bits per heavy atom. The van der Waals surface area contributed by atoms with Crippen molar-refractivity contribution in [3.63, 3.8) is 0 Å². The summed E-state index contributed by atoms with van der Waals surface area (Å²) >= 11 is 5.93. The topological polar surface area (TPSA) is 24.8 Å². The minimum absolute atomic E-state index is 0.162. The van der Waals surface area contributed by atoms with Gasteiger partial charge in [-0.3, -0.25) is 4.79 Å². The minimum Gasteiger partial charge on any atom is -0.341 e. The molecule has 1 heterocycles. The molecular weight excluding hydrogens is 392 g/mol. The average molecular weight is 420 g/mol. The van der Waals surface area contributed by atoms with Crippen molar-refractivity contribution in [3.05, 3.63) is 94.5 Å². The number of likely N-dealkylation sites (N-methyl/N-ethyl adjacent to an activating group) is 1. The molecule has 4 heteroatoms. The van der Waals surface area contributed by atoms with E-state index in [1.165, 1.54) is 27.4 Å². The highest BCUT2D eigenvalue weighted by molar-refractivity contribution is 6.30. The monoisotopic (exact) mass is 419 g/mol. The molecule has 0 aromatic heterocycles. The van der Waals surface area contributed by atoms with Gasteiger partial charge < -0.3 is 9.80 Å². The van der Waals surface area contributed by atoms with E-state index in [0.717, 1.165) is 37.9 Å². The first-order valence-corrected chi connectivity index (χ1v) is 11.0. The van der Waals surface area contributed by atoms with Crippen LogP contribution in [0.1, 0.15) is 27.9 Å². The highest BCUT2D eigenvalue weighted by Crippen LogP contribution is 2.35. The molecule has 1 aliphatic heterocycles. The van der Waals surface area contributed by atoms with E-state index in [9.17, 15) is 4.79 Å². The van der Waals surface area contributed by atoms with Gasteiger partial charge in [-0.2, -0.15) is 0 Å². The molecule has 0 fully saturated rings. The number of hydrogen-bond donors (Lipinski definition) is 1. The number of carbonyl (C=O) groups excluding carboxylic acids is 1. The van der Waals surface area contributed by atoms with Crippen molar-refractivity contribution in [1.82, 2.24) is 0 Å². The molecule has 4 rings (SSSR count). The summed E-state index contributed by atoms with van der Waals surface area (Å²) in [5, 5.41) is 0.658. The normalized spacial score (nSPS) is 13.9. The Morgan fingerprint density at radius 2 is 1.47 bits per heavy atom. The first-order valence-electron chi connectivity index (χ1n) is 10.7. The molecule has 3 aromatic carbocycles. The maximum Gasteiger partial charge on any atom is 0.216 e. The number of carbonyl (C=O) groups is 1. The smallest absolute Gasteiger partial charge is 0.216 e. The summed E-state index contributed by atoms with van der Waals surface area (Å²) in [6.07, 6.45) is 3.16. The van der Waals surface area contributed by atoms with Gasteiger partial charge in [-0.15, -0.1) is 0 Å². The second-order valence-electron chi connectivity index (χ2n) is 8.08. The standard InChI is InChI=1S/C26H27ClN2O/c1-28(19-26(30)22-13-15-23(27)16-14-22)17-6-18-29-24-9-4-2-7-20(24)11-12-21-8-3-5-10-25(21)29/h2-5,7-10,13-16H,6,11-12,17-19H2,1H3/p+1. The predicted octanol–water partition coefficient (Wildman–Crippen LogP) is 4.36. The number of nitrogens with zero attached hydrogens (tertiary/aromatic N) is 1. The van der Waals surface area contributed by atoms with Gasteiger partial charge in [-0.25, -0.2) is 0 Å². The number of halogens is 1. The fraction of sp³-hybridized carbons (Fsp3) is 0.269. The third kappa shape index (κ3) is 4.75. The van der Waals surface area contributed by atoms with E-state index >= 15 is 0 Å². The summed E-state index contributed by atoms with van der Waals surface area (Å²) in [4.78, 5) is 16.2. The quantitative estimate of drug-likeness (QED) is 0.575. The first-order chi connectivity index (χ1) is 14.6. The van der Waals surface area contributed by atoms with E-state index in [2.05, 4.69) is 60.5 Å². The van der Waals surface area contributed by atoms with E-state index in [1.807, 2.05) is 12.1 Å². The van der Waals surface area contributed by atoms with Crippen molar-refractivity contribution in [3.8, 4) is 0 Å². The number of quaternary nitrogens is 1. The van der Waals surface area contributed by atoms with Gasteiger partial charge >= 0.3 is 0 Å². The number of fused-ring (bicyclic) bond motifs is 2. The first kappa shape index (κ1) is 20.6. The summed E-state index contributed by atoms with van der Waals surface area (Å²) in [7, 11) is 2.10. The Labute approximate surface area is 183 Å². The molecule has 0 aliphatic carbocycles. The fourth-order valence-corrected chi connectivity index (χ4v) is 4.38. The summed E-state index contributed by atoms with van der Waals surface area (Å²) in [5.41, 5.74) is 6.18. The van der Waals surface area contributed by atoms with Crippen LogP contribution in [0.5, 0.6) is 0 Å². The van der Waals surface area contributed by atoms with Crippen LogP contribution in [-0.4, -0.2) is 32.5 Å². The van der Waals surface area contributed by atoms with E-state index < -0.39 is 0 Å². The Morgan fingerprint density at radius 3 is 2.07 bits per heavy atom. The molecule has 30 heavy (non-hydrogen) atoms. The number of aryl methyl sites for hydroxylation is 2. The van der Waals surface area contributed by atoms with Crippen molar-refractivity contribution < 1.29 is 9.69 Å². The number of hydrogen-bond acceptors (Lipinski definition) is 2. The molecule has 0 amide bonds. The number of nitrogens with one attached hydrogen (secondary N) is 1. The van der Waals surface area contributed by atoms with Gasteiger partial charge in [0.1, 0.15) is 6.54 Å². The van der Waals surface area contributed by atoms with Crippen LogP contribution in [0.25, 0.3) is 0 Å². The molecule has 0 radical (unpaired) electrons. The summed E-state index contributed by atoms with van der Waals surface area (Å²) < 4.78 is 0. The minimum atomic E-state index is 0.162. The van der Waals surface area contributed by atoms with Gasteiger partial charge in [0.2, 0.25) is 5.78 Å². The maximum absolute atomic E-state index is 12.5. The fourth-order valence-electron chi connectivity index (χ4n) is 4.25. The third-order valence-electron chi connectivity index (χ3n) is 5.84. The number of anilines is 2. The number of para-hydroxylation sites is 2. The van der Waals surface area contributed by atoms with Crippen LogP contribution in [0.2, 0.25) is 5.02 Å². The second-order valence-corrected chi connectivity index (χ2v) is 8.51. The molecule has 3 aromatic rings. The Balaban J connectivity index is 1.41. The van der Waals surface area contributed by atoms with Gasteiger partial charge in [0.05, 0.1) is 13.6 Å². The highest BCUT2D eigenvalue weighted by atomic mass is 35.5. The molecular formula is C26H28ClN2O+. The summed E-state index contributed by atoms with van der Waals surface area (Å²) in [6.45, 7) is 2.38. The molecule has 1 unspecified atom stereocenters. The number of ketones is 1. The zero-order valence-electron chi connectivity index (χ0n) is 17.4. The average Bonchev–Trinajstić information content (AvgIpc) is 2.91. The third-order valence-corrected chi connectivity index (χ3v) is 6.09. The molecule has 1 atom stereocenters. The van der Waals surface area contributed by atoms with Crippen molar-refractivity contribution >= 4 is 28.8 Å². The summed E-state index contributed by atoms with van der Waals surface area (Å²) in [6, 6.07) is 24.6. The largest absolute Gasteiger partial charge is 0.341 e. The van der Waals surface area contributed by atoms with E-state index in [0.29, 0.717) is 11.6 Å². The van der Waals surface area contributed by atoms with Crippen LogP contribution < -0.4 is 9.80 Å². The van der Waals surface area contributed by atoms with Crippen LogP contribution in [0.15, 0.2) is 72.8 Å². The SMILES string of the molecule is C[NH+](CCCN1c2ccccc2CCc2ccccc21)CC(=O)c1ccc(Cl)cc1. The molecule has 0 bridgehead atoms. The highest BCUT2D eigenvalue weighted by Gasteiger charge is 2.20. The second kappa shape index (κ2) is 9.46. The van der Waals surface area contributed by atoms with Crippen LogP contribution in [0.3, 0.4) is 0 Å². The molecule has 1 aliphatic rings. The molecule has 154 valence electrons. The van der Waals surface area contributed by atoms with Gasteiger partial charge in [0.25, 0.3) is 0 Å². The van der Waals surface area contributed by atoms with Gasteiger partial charge in [0, 0.05) is 34.9 Å². The predicted molar refractivity (Wildman–Crippen MR) is 124 cm³/mol. The van der Waals surface area contributed by atoms with Crippen molar-refractivity contribution in [1.29, 1.82) is 0 Å². The maximum atomic E-state index is 12.5. The Kier molecular flexibility index (Phi) is 6.51. The van der Waals surface area contributed by atoms with Crippen LogP contribution in [0.4, 0.5) is 11.4 Å². The van der Waals surface area contributed by atoms with E-state index in [-0.39, 0.29) is 5.78 Å². The van der Waals surface area contributed by atoms with Crippen LogP contribution in [0, 0.1) is 0 Å². The Hall–Kier alpha value is -2.62. The summed E-state index contributed by atoms with van der Waals surface area (Å²) in [5.74, 6) is 0.162. The van der Waals surface area contributed by atoms with E-state index in [4.69, 9.17) is 11.6 Å². The van der Waals surface area contributed by atoms with Crippen molar-refractivity contribution in [2.45, 2.75) is 19.3 Å². The zero-order chi connectivity index (χ0) is 20.9. The number of benzene rings is 3. The van der Waals surface area contributed by atoms with Crippen molar-refractivity contribution in [2.75, 3.05) is 31.6 Å². The lowest BCUT2D eigenvalue weighted by atomic mass is 10.0. The zero-order valence-corrected chi connectivity index (χ0v) is 18.2. The van der Waals surface area contributed by atoms with Gasteiger partial charge in [0.15, 0.2) is 0 Å². The van der Waals surface area contributed by atoms with E-state index in [1.54, 1.807) is 12.1 Å². The lowest BCUT2D eigenvalue weighted by Gasteiger charge is -2.27. The molecule has 0 saturated carbocycles. The van der Waals surface area contributed by atoms with Crippen LogP contribution >= 0.6 is 11.6 Å². The lowest BCUT2D eigenvalue weighted by molar-refractivity contribution is -0.870. The molecule has 3 nitrogen and oxygen atoms in total.